The number of hydrogen-bond acceptors (Lipinski definition) is 2. The van der Waals surface area contributed by atoms with Crippen molar-refractivity contribution < 1.29 is 18.6 Å². The Hall–Kier alpha value is -0.980. The molecule has 4 aliphatic rings. The van der Waals surface area contributed by atoms with Gasteiger partial charge in [0.25, 0.3) is 0 Å². The number of nitrogens with one attached hydrogen (secondary N) is 1. The summed E-state index contributed by atoms with van der Waals surface area (Å²) in [5, 5.41) is 1.81. The van der Waals surface area contributed by atoms with Gasteiger partial charge in [0.15, 0.2) is 0 Å². The molecule has 0 aliphatic heterocycles. The second kappa shape index (κ2) is 6.97. The third-order valence-corrected chi connectivity index (χ3v) is 6.00. The molecule has 3 N–H and O–H groups in total. The van der Waals surface area contributed by atoms with E-state index in [1.807, 2.05) is 12.1 Å². The van der Waals surface area contributed by atoms with E-state index >= 15 is 0 Å². The molecule has 5 rings (SSSR count). The molecule has 142 valence electrons. The lowest BCUT2D eigenvalue weighted by atomic mass is 9.53. The summed E-state index contributed by atoms with van der Waals surface area (Å²) >= 11 is 0. The topological polar surface area (TPSA) is 46.8 Å². The predicted octanol–water partition coefficient (Wildman–Crippen LogP) is 4.21. The van der Waals surface area contributed by atoms with Crippen LogP contribution in [0.5, 0.6) is 0 Å². The van der Waals surface area contributed by atoms with Gasteiger partial charge in [-0.25, -0.2) is 5.43 Å². The predicted molar refractivity (Wildman–Crippen MR) is 94.7 cm³/mol. The van der Waals surface area contributed by atoms with Crippen molar-refractivity contribution in [2.24, 2.45) is 17.8 Å². The average molecular weight is 379 g/mol. The Morgan fingerprint density at radius 2 is 1.56 bits per heavy atom. The van der Waals surface area contributed by atoms with Crippen LogP contribution in [0.2, 0.25) is 0 Å². The van der Waals surface area contributed by atoms with E-state index < -0.39 is 11.7 Å². The van der Waals surface area contributed by atoms with Gasteiger partial charge in [-0.1, -0.05) is 6.07 Å². The fourth-order valence-electron chi connectivity index (χ4n) is 5.56. The molecule has 0 spiro atoms. The van der Waals surface area contributed by atoms with Crippen molar-refractivity contribution in [3.05, 3.63) is 29.8 Å². The molecule has 1 aromatic carbocycles. The number of nitrogens with zero attached hydrogens (tertiary/aromatic N) is 1. The van der Waals surface area contributed by atoms with Gasteiger partial charge in [-0.05, 0) is 74.5 Å². The zero-order valence-electron chi connectivity index (χ0n) is 14.3. The molecule has 4 saturated carbocycles. The Balaban J connectivity index is 0.00000113. The SMILES string of the molecule is CN(NC12CC3CC(CC(C3)C1)C2)c1cccc(C(F)(F)F)c1.Cl.O. The summed E-state index contributed by atoms with van der Waals surface area (Å²) in [4.78, 5) is 0. The van der Waals surface area contributed by atoms with Crippen LogP contribution in [0.3, 0.4) is 0 Å². The molecule has 4 fully saturated rings. The highest BCUT2D eigenvalue weighted by Crippen LogP contribution is 2.55. The zero-order chi connectivity index (χ0) is 16.2. The number of hydrogen-bond donors (Lipinski definition) is 1. The van der Waals surface area contributed by atoms with Gasteiger partial charge < -0.3 is 10.5 Å². The van der Waals surface area contributed by atoms with Crippen LogP contribution in [0.4, 0.5) is 18.9 Å². The fourth-order valence-corrected chi connectivity index (χ4v) is 5.56. The van der Waals surface area contributed by atoms with Gasteiger partial charge >= 0.3 is 6.18 Å². The molecular weight excluding hydrogens is 353 g/mol. The minimum absolute atomic E-state index is 0. The van der Waals surface area contributed by atoms with Crippen LogP contribution in [0.1, 0.15) is 44.1 Å². The molecule has 4 aliphatic carbocycles. The molecule has 3 nitrogen and oxygen atoms in total. The van der Waals surface area contributed by atoms with Crippen LogP contribution < -0.4 is 10.4 Å². The van der Waals surface area contributed by atoms with Gasteiger partial charge in [0.2, 0.25) is 0 Å². The minimum Gasteiger partial charge on any atom is -0.412 e. The summed E-state index contributed by atoms with van der Waals surface area (Å²) in [5.41, 5.74) is 3.67. The molecule has 7 heteroatoms. The van der Waals surface area contributed by atoms with Crippen LogP contribution in [-0.4, -0.2) is 18.1 Å². The van der Waals surface area contributed by atoms with E-state index in [0.717, 1.165) is 23.8 Å². The van der Waals surface area contributed by atoms with E-state index in [4.69, 9.17) is 0 Å². The van der Waals surface area contributed by atoms with Crippen molar-refractivity contribution >= 4 is 18.1 Å². The zero-order valence-corrected chi connectivity index (χ0v) is 15.1. The highest BCUT2D eigenvalue weighted by molar-refractivity contribution is 5.85. The van der Waals surface area contributed by atoms with E-state index in [1.165, 1.54) is 50.7 Å². The number of alkyl halides is 3. The van der Waals surface area contributed by atoms with Crippen molar-refractivity contribution in [1.29, 1.82) is 0 Å². The van der Waals surface area contributed by atoms with E-state index in [0.29, 0.717) is 5.69 Å². The third kappa shape index (κ3) is 3.91. The molecule has 0 aromatic heterocycles. The van der Waals surface area contributed by atoms with Crippen LogP contribution in [0.25, 0.3) is 0 Å². The average Bonchev–Trinajstić information content (AvgIpc) is 2.44. The Morgan fingerprint density at radius 1 is 1.04 bits per heavy atom. The Bertz CT molecular complexity index is 573. The molecule has 0 amide bonds. The normalized spacial score (nSPS) is 32.7. The van der Waals surface area contributed by atoms with Crippen LogP contribution in [0, 0.1) is 17.8 Å². The van der Waals surface area contributed by atoms with Crippen LogP contribution >= 0.6 is 12.4 Å². The quantitative estimate of drug-likeness (QED) is 0.801. The molecule has 0 heterocycles. The summed E-state index contributed by atoms with van der Waals surface area (Å²) in [7, 11) is 1.84. The van der Waals surface area contributed by atoms with Crippen molar-refractivity contribution in [2.45, 2.75) is 50.2 Å². The van der Waals surface area contributed by atoms with Gasteiger partial charge in [-0.2, -0.15) is 13.2 Å². The van der Waals surface area contributed by atoms with Crippen molar-refractivity contribution in [1.82, 2.24) is 5.43 Å². The van der Waals surface area contributed by atoms with Crippen molar-refractivity contribution in [2.75, 3.05) is 12.1 Å². The highest BCUT2D eigenvalue weighted by Gasteiger charge is 2.51. The van der Waals surface area contributed by atoms with Gasteiger partial charge in [-0.3, -0.25) is 0 Å². The smallest absolute Gasteiger partial charge is 0.412 e. The molecular formula is C18H26ClF3N2O. The fraction of sp³-hybridized carbons (Fsp3) is 0.667. The standard InChI is InChI=1S/C18H23F3N2.ClH.H2O/c1-23(16-4-2-3-15(8-16)18(19,20)21)22-17-9-12-5-13(10-17)7-14(6-12)11-17;;/h2-4,8,12-14,22H,5-7,9-11H2,1H3;1H;1H2. The van der Waals surface area contributed by atoms with Gasteiger partial charge in [-0.15, -0.1) is 12.4 Å². The number of halogens is 4. The summed E-state index contributed by atoms with van der Waals surface area (Å²) < 4.78 is 38.7. The lowest BCUT2D eigenvalue weighted by molar-refractivity contribution is -0.137. The third-order valence-electron chi connectivity index (χ3n) is 6.00. The monoisotopic (exact) mass is 378 g/mol. The van der Waals surface area contributed by atoms with Crippen LogP contribution in [0.15, 0.2) is 24.3 Å². The molecule has 0 radical (unpaired) electrons. The Labute approximate surface area is 152 Å². The van der Waals surface area contributed by atoms with Gasteiger partial charge in [0.1, 0.15) is 0 Å². The molecule has 0 unspecified atom stereocenters. The summed E-state index contributed by atoms with van der Waals surface area (Å²) in [6.45, 7) is 0. The maximum Gasteiger partial charge on any atom is 0.416 e. The molecule has 0 saturated heterocycles. The van der Waals surface area contributed by atoms with Gasteiger partial charge in [0, 0.05) is 12.6 Å². The Morgan fingerprint density at radius 3 is 2.04 bits per heavy atom. The number of anilines is 1. The highest BCUT2D eigenvalue weighted by atomic mass is 35.5. The number of hydrazine groups is 1. The first-order valence-corrected chi connectivity index (χ1v) is 8.52. The van der Waals surface area contributed by atoms with Gasteiger partial charge in [0.05, 0.1) is 11.3 Å². The van der Waals surface area contributed by atoms with E-state index in [9.17, 15) is 13.2 Å². The molecule has 25 heavy (non-hydrogen) atoms. The van der Waals surface area contributed by atoms with E-state index in [-0.39, 0.29) is 23.4 Å². The summed E-state index contributed by atoms with van der Waals surface area (Å²) in [6.07, 6.45) is 3.28. The maximum atomic E-state index is 12.9. The minimum atomic E-state index is -4.29. The lowest BCUT2D eigenvalue weighted by Crippen LogP contribution is -2.62. The van der Waals surface area contributed by atoms with Crippen molar-refractivity contribution in [3.63, 3.8) is 0 Å². The first-order valence-electron chi connectivity index (χ1n) is 8.52. The molecule has 0 atom stereocenters. The first kappa shape index (κ1) is 20.3. The number of rotatable bonds is 3. The second-order valence-electron chi connectivity index (χ2n) is 7.92. The number of benzene rings is 1. The maximum absolute atomic E-state index is 12.9. The molecule has 4 bridgehead atoms. The van der Waals surface area contributed by atoms with Crippen molar-refractivity contribution in [3.8, 4) is 0 Å². The summed E-state index contributed by atoms with van der Waals surface area (Å²) in [6, 6.07) is 5.58. The van der Waals surface area contributed by atoms with E-state index in [1.54, 1.807) is 6.07 Å². The van der Waals surface area contributed by atoms with E-state index in [2.05, 4.69) is 5.43 Å². The lowest BCUT2D eigenvalue weighted by Gasteiger charge is -2.57. The first-order chi connectivity index (χ1) is 10.8. The largest absolute Gasteiger partial charge is 0.416 e. The second-order valence-corrected chi connectivity index (χ2v) is 7.92. The molecule has 1 aromatic rings. The summed E-state index contributed by atoms with van der Waals surface area (Å²) in [5.74, 6) is 2.43. The van der Waals surface area contributed by atoms with Crippen LogP contribution in [-0.2, 0) is 6.18 Å². The Kier molecular flexibility index (Phi) is 5.67.